The largest absolute Gasteiger partial charge is 0.316 e. The fraction of sp³-hybridized carbons (Fsp3) is 0.400. The second kappa shape index (κ2) is 5.59. The molecule has 1 saturated heterocycles. The minimum Gasteiger partial charge on any atom is -0.316 e. The van der Waals surface area contributed by atoms with Gasteiger partial charge in [0.2, 0.25) is 0 Å². The topological polar surface area (TPSA) is 12.0 Å². The van der Waals surface area contributed by atoms with Gasteiger partial charge in [-0.15, -0.1) is 24.2 Å². The van der Waals surface area contributed by atoms with Gasteiger partial charge in [-0.2, -0.15) is 0 Å². The van der Waals surface area contributed by atoms with Crippen molar-refractivity contribution in [1.82, 2.24) is 5.32 Å². The summed E-state index contributed by atoms with van der Waals surface area (Å²) in [4.78, 5) is 0.774. The average molecular weight is 234 g/mol. The Morgan fingerprint density at radius 2 is 2.14 bits per heavy atom. The van der Waals surface area contributed by atoms with Gasteiger partial charge in [0.15, 0.2) is 0 Å². The van der Waals surface area contributed by atoms with Crippen molar-refractivity contribution in [3.63, 3.8) is 0 Å². The highest BCUT2D eigenvalue weighted by Crippen LogP contribution is 2.28. The zero-order chi connectivity index (χ0) is 9.10. The van der Waals surface area contributed by atoms with Gasteiger partial charge in [0.1, 0.15) is 5.82 Å². The van der Waals surface area contributed by atoms with Crippen molar-refractivity contribution in [2.75, 3.05) is 13.1 Å². The lowest BCUT2D eigenvalue weighted by molar-refractivity contribution is 0.601. The molecular weight excluding hydrogens is 221 g/mol. The van der Waals surface area contributed by atoms with E-state index in [1.165, 1.54) is 6.07 Å². The summed E-state index contributed by atoms with van der Waals surface area (Å²) in [5, 5.41) is 3.81. The van der Waals surface area contributed by atoms with E-state index in [0.29, 0.717) is 5.25 Å². The quantitative estimate of drug-likeness (QED) is 0.843. The molecule has 1 heterocycles. The SMILES string of the molecule is Cl.Fc1ccccc1SC1CCNC1. The molecule has 1 nitrogen and oxygen atoms in total. The number of halogens is 2. The van der Waals surface area contributed by atoms with E-state index >= 15 is 0 Å². The van der Waals surface area contributed by atoms with Crippen LogP contribution in [-0.2, 0) is 0 Å². The molecule has 0 radical (unpaired) electrons. The van der Waals surface area contributed by atoms with Crippen LogP contribution in [0.25, 0.3) is 0 Å². The van der Waals surface area contributed by atoms with Crippen molar-refractivity contribution < 1.29 is 4.39 Å². The fourth-order valence-electron chi connectivity index (χ4n) is 1.45. The molecule has 1 aliphatic rings. The van der Waals surface area contributed by atoms with Gasteiger partial charge in [-0.3, -0.25) is 0 Å². The maximum atomic E-state index is 13.2. The molecule has 2 rings (SSSR count). The van der Waals surface area contributed by atoms with Crippen LogP contribution in [0.4, 0.5) is 4.39 Å². The second-order valence-electron chi connectivity index (χ2n) is 3.16. The molecule has 0 aliphatic carbocycles. The van der Waals surface area contributed by atoms with E-state index in [0.717, 1.165) is 24.4 Å². The number of benzene rings is 1. The molecule has 0 saturated carbocycles. The molecule has 1 aromatic carbocycles. The van der Waals surface area contributed by atoms with Crippen molar-refractivity contribution in [2.24, 2.45) is 0 Å². The summed E-state index contributed by atoms with van der Waals surface area (Å²) in [6.45, 7) is 2.06. The number of hydrogen-bond acceptors (Lipinski definition) is 2. The van der Waals surface area contributed by atoms with E-state index in [1.807, 2.05) is 12.1 Å². The predicted octanol–water partition coefficient (Wildman–Crippen LogP) is 2.70. The highest BCUT2D eigenvalue weighted by Gasteiger charge is 2.16. The van der Waals surface area contributed by atoms with Crippen LogP contribution in [0.3, 0.4) is 0 Å². The van der Waals surface area contributed by atoms with Crippen molar-refractivity contribution in [2.45, 2.75) is 16.6 Å². The Kier molecular flexibility index (Phi) is 4.72. The van der Waals surface area contributed by atoms with Gasteiger partial charge in [0.25, 0.3) is 0 Å². The molecule has 1 atom stereocenters. The van der Waals surface area contributed by atoms with Crippen molar-refractivity contribution in [3.05, 3.63) is 30.1 Å². The second-order valence-corrected chi connectivity index (χ2v) is 4.51. The molecule has 0 bridgehead atoms. The molecule has 1 fully saturated rings. The highest BCUT2D eigenvalue weighted by molar-refractivity contribution is 8.00. The Hall–Kier alpha value is -0.250. The number of nitrogens with one attached hydrogen (secondary N) is 1. The lowest BCUT2D eigenvalue weighted by Crippen LogP contribution is -2.10. The van der Waals surface area contributed by atoms with Crippen LogP contribution in [0.5, 0.6) is 0 Å². The Morgan fingerprint density at radius 1 is 1.36 bits per heavy atom. The van der Waals surface area contributed by atoms with Crippen molar-refractivity contribution >= 4 is 24.2 Å². The molecule has 1 aliphatic heterocycles. The van der Waals surface area contributed by atoms with Gasteiger partial charge in [0.05, 0.1) is 0 Å². The molecule has 0 aromatic heterocycles. The van der Waals surface area contributed by atoms with Gasteiger partial charge >= 0.3 is 0 Å². The first-order valence-corrected chi connectivity index (χ1v) is 5.36. The van der Waals surface area contributed by atoms with Crippen LogP contribution in [0, 0.1) is 5.82 Å². The Morgan fingerprint density at radius 3 is 2.79 bits per heavy atom. The molecule has 4 heteroatoms. The van der Waals surface area contributed by atoms with Gasteiger partial charge in [-0.1, -0.05) is 12.1 Å². The van der Waals surface area contributed by atoms with Crippen molar-refractivity contribution in [3.8, 4) is 0 Å². The molecule has 0 spiro atoms. The van der Waals surface area contributed by atoms with E-state index < -0.39 is 0 Å². The molecule has 14 heavy (non-hydrogen) atoms. The van der Waals surface area contributed by atoms with Crippen LogP contribution < -0.4 is 5.32 Å². The third-order valence-electron chi connectivity index (χ3n) is 2.15. The van der Waals surface area contributed by atoms with Crippen LogP contribution in [0.1, 0.15) is 6.42 Å². The summed E-state index contributed by atoms with van der Waals surface area (Å²) in [6, 6.07) is 6.98. The summed E-state index contributed by atoms with van der Waals surface area (Å²) in [6.07, 6.45) is 1.14. The normalized spacial score (nSPS) is 20.5. The number of thioether (sulfide) groups is 1. The van der Waals surface area contributed by atoms with E-state index in [9.17, 15) is 4.39 Å². The molecule has 1 N–H and O–H groups in total. The summed E-state index contributed by atoms with van der Waals surface area (Å²) in [5.74, 6) is -0.0978. The monoisotopic (exact) mass is 233 g/mol. The third kappa shape index (κ3) is 2.87. The fourth-order valence-corrected chi connectivity index (χ4v) is 2.58. The minimum absolute atomic E-state index is 0. The van der Waals surface area contributed by atoms with Crippen molar-refractivity contribution in [1.29, 1.82) is 0 Å². The average Bonchev–Trinajstić information content (AvgIpc) is 2.61. The Bertz CT molecular complexity index is 289. The maximum absolute atomic E-state index is 13.2. The van der Waals surface area contributed by atoms with Crippen LogP contribution in [0.2, 0.25) is 0 Å². The Labute approximate surface area is 93.9 Å². The van der Waals surface area contributed by atoms with Gasteiger partial charge in [-0.05, 0) is 25.1 Å². The van der Waals surface area contributed by atoms with E-state index in [-0.39, 0.29) is 18.2 Å². The first kappa shape index (κ1) is 11.8. The summed E-state index contributed by atoms with van der Waals surface area (Å²) >= 11 is 1.64. The zero-order valence-electron chi connectivity index (χ0n) is 7.70. The number of rotatable bonds is 2. The third-order valence-corrected chi connectivity index (χ3v) is 3.47. The zero-order valence-corrected chi connectivity index (χ0v) is 9.34. The van der Waals surface area contributed by atoms with Crippen LogP contribution in [0.15, 0.2) is 29.2 Å². The predicted molar refractivity (Wildman–Crippen MR) is 60.8 cm³/mol. The highest BCUT2D eigenvalue weighted by atomic mass is 35.5. The molecule has 0 amide bonds. The lowest BCUT2D eigenvalue weighted by Gasteiger charge is -2.07. The van der Waals surface area contributed by atoms with E-state index in [2.05, 4.69) is 5.32 Å². The Balaban J connectivity index is 0.000000980. The van der Waals surface area contributed by atoms with Gasteiger partial charge in [-0.25, -0.2) is 4.39 Å². The van der Waals surface area contributed by atoms with E-state index in [4.69, 9.17) is 0 Å². The van der Waals surface area contributed by atoms with E-state index in [1.54, 1.807) is 17.8 Å². The molecule has 1 aromatic rings. The molecule has 78 valence electrons. The first-order valence-electron chi connectivity index (χ1n) is 4.48. The van der Waals surface area contributed by atoms with Crippen LogP contribution >= 0.6 is 24.2 Å². The summed E-state index contributed by atoms with van der Waals surface area (Å²) < 4.78 is 13.2. The van der Waals surface area contributed by atoms with Gasteiger partial charge < -0.3 is 5.32 Å². The minimum atomic E-state index is -0.0978. The molecule has 1 unspecified atom stereocenters. The standard InChI is InChI=1S/C10H12FNS.ClH/c11-9-3-1-2-4-10(9)13-8-5-6-12-7-8;/h1-4,8,12H,5-7H2;1H. The summed E-state index contributed by atoms with van der Waals surface area (Å²) in [5.41, 5.74) is 0. The smallest absolute Gasteiger partial charge is 0.136 e. The van der Waals surface area contributed by atoms with Gasteiger partial charge in [0, 0.05) is 16.7 Å². The maximum Gasteiger partial charge on any atom is 0.136 e. The molecular formula is C10H13ClFNS. The first-order chi connectivity index (χ1) is 6.36. The van der Waals surface area contributed by atoms with Crippen LogP contribution in [-0.4, -0.2) is 18.3 Å². The lowest BCUT2D eigenvalue weighted by atomic mass is 10.3. The summed E-state index contributed by atoms with van der Waals surface area (Å²) in [7, 11) is 0. The number of hydrogen-bond donors (Lipinski definition) is 1.